The molecule has 0 N–H and O–H groups in total. The van der Waals surface area contributed by atoms with Crippen molar-refractivity contribution in [3.63, 3.8) is 0 Å². The number of hydrogen-bond donors (Lipinski definition) is 0. The summed E-state index contributed by atoms with van der Waals surface area (Å²) in [6, 6.07) is 6.42. The van der Waals surface area contributed by atoms with E-state index in [4.69, 9.17) is 12.2 Å². The Morgan fingerprint density at radius 1 is 1.26 bits per heavy atom. The van der Waals surface area contributed by atoms with E-state index < -0.39 is 9.84 Å². The average Bonchev–Trinajstić information content (AvgIpc) is 3.10. The van der Waals surface area contributed by atoms with Crippen LogP contribution in [-0.4, -0.2) is 46.5 Å². The van der Waals surface area contributed by atoms with Crippen molar-refractivity contribution in [2.45, 2.75) is 46.8 Å². The minimum Gasteiger partial charge on any atom is -0.310 e. The summed E-state index contributed by atoms with van der Waals surface area (Å²) in [5.74, 6) is 1.01. The molecular formula is C20H29N3O2S2. The number of rotatable bonds is 6. The van der Waals surface area contributed by atoms with Gasteiger partial charge in [0.25, 0.3) is 0 Å². The first-order valence-corrected chi connectivity index (χ1v) is 11.7. The normalized spacial score (nSPS) is 19.3. The zero-order chi connectivity index (χ0) is 19.8. The molecule has 0 aliphatic carbocycles. The standard InChI is InChI=1S/C20H29N3O2S2/c1-15(2)12-22(18-7-10-27(24,25)13-18)14-21-8-9-23(20(21)26)19-6-5-16(3)11-17(19)4/h5-6,8-9,11,15,18H,7,10,12-14H2,1-4H3. The Morgan fingerprint density at radius 2 is 2.00 bits per heavy atom. The minimum absolute atomic E-state index is 0.0729. The number of aromatic nitrogens is 2. The molecule has 1 unspecified atom stereocenters. The van der Waals surface area contributed by atoms with E-state index in [0.29, 0.717) is 24.8 Å². The number of aryl methyl sites for hydroxylation is 2. The van der Waals surface area contributed by atoms with E-state index in [1.165, 1.54) is 11.1 Å². The Bertz CT molecular complexity index is 973. The molecule has 3 rings (SSSR count). The van der Waals surface area contributed by atoms with E-state index in [0.717, 1.165) is 17.0 Å². The van der Waals surface area contributed by atoms with E-state index in [-0.39, 0.29) is 11.8 Å². The molecule has 1 aliphatic heterocycles. The van der Waals surface area contributed by atoms with Crippen LogP contribution in [0.5, 0.6) is 0 Å². The van der Waals surface area contributed by atoms with Crippen LogP contribution in [-0.2, 0) is 16.5 Å². The van der Waals surface area contributed by atoms with Gasteiger partial charge in [0.2, 0.25) is 0 Å². The predicted molar refractivity (Wildman–Crippen MR) is 113 cm³/mol. The fraction of sp³-hybridized carbons (Fsp3) is 0.550. The summed E-state index contributed by atoms with van der Waals surface area (Å²) in [5.41, 5.74) is 3.50. The largest absolute Gasteiger partial charge is 0.310 e. The van der Waals surface area contributed by atoms with Crippen LogP contribution in [0.15, 0.2) is 30.6 Å². The molecule has 1 saturated heterocycles. The summed E-state index contributed by atoms with van der Waals surface area (Å²) in [7, 11) is -2.91. The Morgan fingerprint density at radius 3 is 2.59 bits per heavy atom. The molecule has 1 atom stereocenters. The van der Waals surface area contributed by atoms with Crippen LogP contribution in [0, 0.1) is 24.5 Å². The molecule has 1 fully saturated rings. The third-order valence-corrected chi connectivity index (χ3v) is 7.30. The third kappa shape index (κ3) is 4.70. The fourth-order valence-corrected chi connectivity index (χ4v) is 5.87. The lowest BCUT2D eigenvalue weighted by Gasteiger charge is -2.29. The van der Waals surface area contributed by atoms with E-state index >= 15 is 0 Å². The zero-order valence-corrected chi connectivity index (χ0v) is 18.2. The van der Waals surface area contributed by atoms with Crippen LogP contribution < -0.4 is 0 Å². The van der Waals surface area contributed by atoms with Gasteiger partial charge in [0.05, 0.1) is 23.9 Å². The van der Waals surface area contributed by atoms with Crippen LogP contribution in [0.1, 0.15) is 31.4 Å². The number of nitrogens with zero attached hydrogens (tertiary/aromatic N) is 3. The lowest BCUT2D eigenvalue weighted by atomic mass is 10.1. The Kier molecular flexibility index (Phi) is 5.93. The van der Waals surface area contributed by atoms with Crippen molar-refractivity contribution in [2.24, 2.45) is 5.92 Å². The lowest BCUT2D eigenvalue weighted by molar-refractivity contribution is 0.145. The Balaban J connectivity index is 1.87. The first-order chi connectivity index (χ1) is 12.7. The van der Waals surface area contributed by atoms with Crippen LogP contribution in [0.3, 0.4) is 0 Å². The second kappa shape index (κ2) is 7.89. The molecule has 27 heavy (non-hydrogen) atoms. The number of hydrogen-bond acceptors (Lipinski definition) is 4. The summed E-state index contributed by atoms with van der Waals surface area (Å²) >= 11 is 5.73. The van der Waals surface area contributed by atoms with Crippen molar-refractivity contribution in [3.05, 3.63) is 46.5 Å². The van der Waals surface area contributed by atoms with Crippen LogP contribution in [0.25, 0.3) is 5.69 Å². The highest BCUT2D eigenvalue weighted by Crippen LogP contribution is 2.21. The zero-order valence-electron chi connectivity index (χ0n) is 16.6. The van der Waals surface area contributed by atoms with Crippen molar-refractivity contribution in [1.82, 2.24) is 14.0 Å². The number of imidazole rings is 1. The van der Waals surface area contributed by atoms with Crippen molar-refractivity contribution < 1.29 is 8.42 Å². The van der Waals surface area contributed by atoms with E-state index in [2.05, 4.69) is 50.8 Å². The lowest BCUT2D eigenvalue weighted by Crippen LogP contribution is -2.40. The second-order valence-corrected chi connectivity index (χ2v) is 10.7. The molecule has 1 aromatic heterocycles. The SMILES string of the molecule is Cc1ccc(-n2ccn(CN(CC(C)C)C3CCS(=O)(=O)C3)c2=S)c(C)c1. The van der Waals surface area contributed by atoms with Gasteiger partial charge in [0.15, 0.2) is 14.6 Å². The van der Waals surface area contributed by atoms with E-state index in [1.54, 1.807) is 0 Å². The third-order valence-electron chi connectivity index (χ3n) is 5.12. The minimum atomic E-state index is -2.91. The fourth-order valence-electron chi connectivity index (χ4n) is 3.83. The summed E-state index contributed by atoms with van der Waals surface area (Å²) in [6.07, 6.45) is 4.71. The topological polar surface area (TPSA) is 47.2 Å². The molecule has 148 valence electrons. The van der Waals surface area contributed by atoms with Gasteiger partial charge < -0.3 is 4.57 Å². The van der Waals surface area contributed by atoms with Gasteiger partial charge in [-0.15, -0.1) is 0 Å². The van der Waals surface area contributed by atoms with Gasteiger partial charge in [-0.05, 0) is 50.0 Å². The summed E-state index contributed by atoms with van der Waals surface area (Å²) in [5, 5.41) is 0. The summed E-state index contributed by atoms with van der Waals surface area (Å²) < 4.78 is 28.7. The van der Waals surface area contributed by atoms with Crippen LogP contribution in [0.2, 0.25) is 0 Å². The molecule has 7 heteroatoms. The maximum atomic E-state index is 11.9. The first-order valence-electron chi connectivity index (χ1n) is 9.46. The van der Waals surface area contributed by atoms with Crippen molar-refractivity contribution >= 4 is 22.1 Å². The predicted octanol–water partition coefficient (Wildman–Crippen LogP) is 3.73. The molecule has 1 aliphatic rings. The van der Waals surface area contributed by atoms with Gasteiger partial charge in [-0.2, -0.15) is 0 Å². The van der Waals surface area contributed by atoms with Gasteiger partial charge in [-0.1, -0.05) is 31.5 Å². The van der Waals surface area contributed by atoms with Gasteiger partial charge in [0, 0.05) is 25.0 Å². The van der Waals surface area contributed by atoms with Crippen LogP contribution in [0.4, 0.5) is 0 Å². The number of benzene rings is 1. The quantitative estimate of drug-likeness (QED) is 0.685. The highest BCUT2D eigenvalue weighted by Gasteiger charge is 2.32. The van der Waals surface area contributed by atoms with Gasteiger partial charge in [0.1, 0.15) is 0 Å². The van der Waals surface area contributed by atoms with Gasteiger partial charge in [-0.3, -0.25) is 9.47 Å². The molecule has 0 spiro atoms. The Labute approximate surface area is 167 Å². The molecule has 0 bridgehead atoms. The summed E-state index contributed by atoms with van der Waals surface area (Å²) in [6.45, 7) is 9.98. The second-order valence-electron chi connectivity index (χ2n) is 8.07. The van der Waals surface area contributed by atoms with E-state index in [1.807, 2.05) is 21.5 Å². The molecule has 2 heterocycles. The van der Waals surface area contributed by atoms with E-state index in [9.17, 15) is 8.42 Å². The van der Waals surface area contributed by atoms with Crippen molar-refractivity contribution in [3.8, 4) is 5.69 Å². The van der Waals surface area contributed by atoms with Gasteiger partial charge in [-0.25, -0.2) is 8.42 Å². The Hall–Kier alpha value is -1.44. The number of sulfone groups is 1. The monoisotopic (exact) mass is 407 g/mol. The molecule has 5 nitrogen and oxygen atoms in total. The van der Waals surface area contributed by atoms with Crippen molar-refractivity contribution in [1.29, 1.82) is 0 Å². The molecule has 0 radical (unpaired) electrons. The molecule has 1 aromatic carbocycles. The molecule has 2 aromatic rings. The first kappa shape index (κ1) is 20.3. The smallest absolute Gasteiger partial charge is 0.185 e. The van der Waals surface area contributed by atoms with Gasteiger partial charge >= 0.3 is 0 Å². The highest BCUT2D eigenvalue weighted by molar-refractivity contribution is 7.91. The molecule has 0 amide bonds. The van der Waals surface area contributed by atoms with Crippen molar-refractivity contribution in [2.75, 3.05) is 18.1 Å². The molecule has 0 saturated carbocycles. The maximum absolute atomic E-state index is 11.9. The summed E-state index contributed by atoms with van der Waals surface area (Å²) in [4.78, 5) is 2.28. The van der Waals surface area contributed by atoms with Crippen LogP contribution >= 0.6 is 12.2 Å². The molecular weight excluding hydrogens is 378 g/mol. The maximum Gasteiger partial charge on any atom is 0.185 e. The average molecular weight is 408 g/mol. The highest BCUT2D eigenvalue weighted by atomic mass is 32.2.